The monoisotopic (exact) mass is 241 g/mol. The van der Waals surface area contributed by atoms with Crippen LogP contribution in [-0.4, -0.2) is 6.54 Å². The van der Waals surface area contributed by atoms with Crippen LogP contribution in [-0.2, 0) is 0 Å². The van der Waals surface area contributed by atoms with Crippen LogP contribution in [0.1, 0.15) is 11.6 Å². The molecule has 13 heavy (non-hydrogen) atoms. The molecule has 1 atom stereocenters. The van der Waals surface area contributed by atoms with Crippen molar-refractivity contribution in [2.45, 2.75) is 6.04 Å². The van der Waals surface area contributed by atoms with Crippen molar-refractivity contribution in [1.82, 2.24) is 5.32 Å². The van der Waals surface area contributed by atoms with E-state index in [2.05, 4.69) is 21.2 Å². The Morgan fingerprint density at radius 3 is 3.00 bits per heavy atom. The van der Waals surface area contributed by atoms with Crippen LogP contribution in [0.5, 0.6) is 0 Å². The molecule has 2 rings (SSSR count). The summed E-state index contributed by atoms with van der Waals surface area (Å²) in [5.41, 5.74) is 0.697. The van der Waals surface area contributed by atoms with Crippen molar-refractivity contribution in [2.24, 2.45) is 0 Å². The Labute approximate surface area is 84.8 Å². The highest BCUT2D eigenvalue weighted by molar-refractivity contribution is 9.10. The van der Waals surface area contributed by atoms with E-state index >= 15 is 0 Å². The summed E-state index contributed by atoms with van der Waals surface area (Å²) in [6.45, 7) is 0.816. The molecule has 1 nitrogen and oxygen atoms in total. The lowest BCUT2D eigenvalue weighted by Crippen LogP contribution is -2.15. The average Bonchev–Trinajstić information content (AvgIpc) is 2.62. The molecule has 1 aliphatic heterocycles. The summed E-state index contributed by atoms with van der Waals surface area (Å²) in [5.74, 6) is -0.174. The molecule has 0 fully saturated rings. The zero-order valence-electron chi connectivity index (χ0n) is 6.93. The number of halogens is 2. The van der Waals surface area contributed by atoms with Gasteiger partial charge in [-0.15, -0.1) is 0 Å². The van der Waals surface area contributed by atoms with Gasteiger partial charge in [-0.05, 0) is 22.0 Å². The fourth-order valence-electron chi connectivity index (χ4n) is 1.44. The van der Waals surface area contributed by atoms with Gasteiger partial charge in [0.1, 0.15) is 5.82 Å². The molecular formula is C10H9BrFN. The molecule has 1 heterocycles. The minimum atomic E-state index is -0.174. The zero-order valence-corrected chi connectivity index (χ0v) is 8.51. The molecule has 1 aliphatic rings. The number of hydrogen-bond acceptors (Lipinski definition) is 1. The van der Waals surface area contributed by atoms with Gasteiger partial charge < -0.3 is 5.32 Å². The van der Waals surface area contributed by atoms with Crippen molar-refractivity contribution in [2.75, 3.05) is 6.54 Å². The molecule has 0 amide bonds. The second-order valence-corrected chi connectivity index (χ2v) is 3.81. The van der Waals surface area contributed by atoms with E-state index in [1.807, 2.05) is 18.2 Å². The number of hydrogen-bond donors (Lipinski definition) is 1. The molecule has 1 N–H and O–H groups in total. The van der Waals surface area contributed by atoms with Crippen LogP contribution in [0.25, 0.3) is 0 Å². The fourth-order valence-corrected chi connectivity index (χ4v) is 1.82. The van der Waals surface area contributed by atoms with E-state index in [0.29, 0.717) is 10.0 Å². The summed E-state index contributed by atoms with van der Waals surface area (Å²) in [6.07, 6.45) is 3.98. The van der Waals surface area contributed by atoms with Crippen LogP contribution in [0.3, 0.4) is 0 Å². The Balaban J connectivity index is 2.39. The Bertz CT molecular complexity index is 349. The maximum absolute atomic E-state index is 13.5. The first-order valence-corrected chi connectivity index (χ1v) is 4.92. The molecule has 0 saturated heterocycles. The smallest absolute Gasteiger partial charge is 0.142 e. The second kappa shape index (κ2) is 3.60. The summed E-state index contributed by atoms with van der Waals surface area (Å²) in [6, 6.07) is 5.37. The fraction of sp³-hybridized carbons (Fsp3) is 0.200. The Morgan fingerprint density at radius 2 is 2.31 bits per heavy atom. The quantitative estimate of drug-likeness (QED) is 0.746. The van der Waals surface area contributed by atoms with Gasteiger partial charge in [0.2, 0.25) is 0 Å². The predicted octanol–water partition coefficient (Wildman–Crippen LogP) is 2.79. The van der Waals surface area contributed by atoms with Crippen molar-refractivity contribution < 1.29 is 4.39 Å². The van der Waals surface area contributed by atoms with Crippen molar-refractivity contribution in [1.29, 1.82) is 0 Å². The third-order valence-corrected chi connectivity index (χ3v) is 2.71. The minimum absolute atomic E-state index is 0.0255. The highest BCUT2D eigenvalue weighted by Crippen LogP contribution is 2.25. The average molecular weight is 242 g/mol. The van der Waals surface area contributed by atoms with Gasteiger partial charge >= 0.3 is 0 Å². The number of rotatable bonds is 1. The first kappa shape index (κ1) is 8.91. The Morgan fingerprint density at radius 1 is 1.46 bits per heavy atom. The van der Waals surface area contributed by atoms with Crippen LogP contribution >= 0.6 is 15.9 Å². The van der Waals surface area contributed by atoms with Gasteiger partial charge in [-0.3, -0.25) is 0 Å². The summed E-state index contributed by atoms with van der Waals surface area (Å²) >= 11 is 3.17. The maximum atomic E-state index is 13.5. The normalized spacial score (nSPS) is 20.9. The SMILES string of the molecule is Fc1c(Br)cccc1C1C=CCN1. The van der Waals surface area contributed by atoms with Crippen molar-refractivity contribution in [3.05, 3.63) is 46.2 Å². The third kappa shape index (κ3) is 1.67. The molecule has 3 heteroatoms. The first-order chi connectivity index (χ1) is 6.29. The lowest BCUT2D eigenvalue weighted by Gasteiger charge is -2.11. The van der Waals surface area contributed by atoms with Gasteiger partial charge in [-0.25, -0.2) is 4.39 Å². The highest BCUT2D eigenvalue weighted by Gasteiger charge is 2.16. The van der Waals surface area contributed by atoms with Gasteiger partial charge in [0.05, 0.1) is 10.5 Å². The van der Waals surface area contributed by atoms with Crippen LogP contribution in [0.2, 0.25) is 0 Å². The van der Waals surface area contributed by atoms with Gasteiger partial charge in [0.15, 0.2) is 0 Å². The molecule has 1 unspecified atom stereocenters. The first-order valence-electron chi connectivity index (χ1n) is 4.13. The second-order valence-electron chi connectivity index (χ2n) is 2.96. The van der Waals surface area contributed by atoms with Crippen LogP contribution in [0, 0.1) is 5.82 Å². The molecule has 0 aliphatic carbocycles. The van der Waals surface area contributed by atoms with Crippen LogP contribution < -0.4 is 5.32 Å². The van der Waals surface area contributed by atoms with Gasteiger partial charge in [-0.2, -0.15) is 0 Å². The highest BCUT2D eigenvalue weighted by atomic mass is 79.9. The maximum Gasteiger partial charge on any atom is 0.142 e. The van der Waals surface area contributed by atoms with E-state index in [9.17, 15) is 4.39 Å². The van der Waals surface area contributed by atoms with Crippen molar-refractivity contribution in [3.63, 3.8) is 0 Å². The third-order valence-electron chi connectivity index (χ3n) is 2.10. The molecule has 1 aromatic rings. The summed E-state index contributed by atoms with van der Waals surface area (Å²) in [4.78, 5) is 0. The molecule has 0 bridgehead atoms. The predicted molar refractivity (Wildman–Crippen MR) is 54.0 cm³/mol. The topological polar surface area (TPSA) is 12.0 Å². The molecule has 0 spiro atoms. The molecule has 0 radical (unpaired) electrons. The van der Waals surface area contributed by atoms with E-state index in [4.69, 9.17) is 0 Å². The molecule has 1 aromatic carbocycles. The van der Waals surface area contributed by atoms with Gasteiger partial charge in [0, 0.05) is 12.1 Å². The Hall–Kier alpha value is -0.670. The summed E-state index contributed by atoms with van der Waals surface area (Å²) in [5, 5.41) is 3.17. The van der Waals surface area contributed by atoms with Crippen LogP contribution in [0.4, 0.5) is 4.39 Å². The van der Waals surface area contributed by atoms with Gasteiger partial charge in [0.25, 0.3) is 0 Å². The number of benzene rings is 1. The Kier molecular flexibility index (Phi) is 2.47. The van der Waals surface area contributed by atoms with E-state index < -0.39 is 0 Å². The standard InChI is InChI=1S/C10H9BrFN/c11-8-4-1-3-7(10(8)12)9-5-2-6-13-9/h1-5,9,13H,6H2. The van der Waals surface area contributed by atoms with E-state index in [0.717, 1.165) is 6.54 Å². The molecule has 0 aromatic heterocycles. The van der Waals surface area contributed by atoms with E-state index in [1.165, 1.54) is 0 Å². The summed E-state index contributed by atoms with van der Waals surface area (Å²) < 4.78 is 14.1. The van der Waals surface area contributed by atoms with E-state index in [1.54, 1.807) is 12.1 Å². The van der Waals surface area contributed by atoms with Crippen LogP contribution in [0.15, 0.2) is 34.8 Å². The summed E-state index contributed by atoms with van der Waals surface area (Å²) in [7, 11) is 0. The molecule has 68 valence electrons. The largest absolute Gasteiger partial charge is 0.303 e. The number of nitrogens with one attached hydrogen (secondary N) is 1. The molecular weight excluding hydrogens is 233 g/mol. The zero-order chi connectivity index (χ0) is 9.26. The van der Waals surface area contributed by atoms with Crippen molar-refractivity contribution in [3.8, 4) is 0 Å². The minimum Gasteiger partial charge on any atom is -0.303 e. The lowest BCUT2D eigenvalue weighted by molar-refractivity contribution is 0.578. The van der Waals surface area contributed by atoms with Crippen molar-refractivity contribution >= 4 is 15.9 Å². The van der Waals surface area contributed by atoms with E-state index in [-0.39, 0.29) is 11.9 Å². The lowest BCUT2D eigenvalue weighted by atomic mass is 10.1. The van der Waals surface area contributed by atoms with Gasteiger partial charge in [-0.1, -0.05) is 24.3 Å². The molecule has 0 saturated carbocycles.